The molecule has 0 bridgehead atoms. The first kappa shape index (κ1) is 15.3. The van der Waals surface area contributed by atoms with E-state index in [1.807, 2.05) is 12.1 Å². The Hall–Kier alpha value is -0.740. The average molecular weight is 334 g/mol. The summed E-state index contributed by atoms with van der Waals surface area (Å²) < 4.78 is 0.793. The lowest BCUT2D eigenvalue weighted by atomic mass is 9.93. The van der Waals surface area contributed by atoms with Crippen LogP contribution in [0.25, 0.3) is 0 Å². The van der Waals surface area contributed by atoms with Gasteiger partial charge in [0.2, 0.25) is 5.91 Å². The zero-order chi connectivity index (χ0) is 13.7. The van der Waals surface area contributed by atoms with E-state index >= 15 is 0 Å². The third-order valence-corrected chi connectivity index (χ3v) is 4.28. The van der Waals surface area contributed by atoms with Crippen LogP contribution in [0.5, 0.6) is 0 Å². The van der Waals surface area contributed by atoms with Crippen LogP contribution in [0.3, 0.4) is 0 Å². The highest BCUT2D eigenvalue weighted by Crippen LogP contribution is 2.27. The van der Waals surface area contributed by atoms with Crippen molar-refractivity contribution in [2.75, 3.05) is 5.32 Å². The van der Waals surface area contributed by atoms with Crippen molar-refractivity contribution in [3.8, 4) is 0 Å². The molecule has 3 N–H and O–H groups in total. The van der Waals surface area contributed by atoms with Gasteiger partial charge in [-0.1, -0.05) is 38.3 Å². The number of hydrogen-bond acceptors (Lipinski definition) is 2. The molecule has 0 aliphatic rings. The monoisotopic (exact) mass is 332 g/mol. The second kappa shape index (κ2) is 7.00. The predicted octanol–water partition coefficient (Wildman–Crippen LogP) is 3.80. The number of rotatable bonds is 6. The summed E-state index contributed by atoms with van der Waals surface area (Å²) in [5, 5.41) is 3.82. The average Bonchev–Trinajstić information content (AvgIpc) is 2.33. The molecular weight excluding hydrogens is 316 g/mol. The first-order chi connectivity index (χ1) is 8.49. The molecule has 0 radical (unpaired) electrons. The third-order valence-electron chi connectivity index (χ3n) is 3.07. The van der Waals surface area contributed by atoms with Crippen LogP contribution in [0.1, 0.15) is 26.7 Å². The lowest BCUT2D eigenvalue weighted by Gasteiger charge is -2.24. The Morgan fingerprint density at radius 2 is 2.06 bits per heavy atom. The SMILES string of the molecule is CCC(CC)C(Nc1ccc(Cl)c(Br)c1)C(N)=O. The Morgan fingerprint density at radius 1 is 1.44 bits per heavy atom. The van der Waals surface area contributed by atoms with Crippen LogP contribution in [0, 0.1) is 5.92 Å². The van der Waals surface area contributed by atoms with Crippen molar-refractivity contribution in [1.29, 1.82) is 0 Å². The highest BCUT2D eigenvalue weighted by atomic mass is 79.9. The Bertz CT molecular complexity index is 421. The van der Waals surface area contributed by atoms with Crippen molar-refractivity contribution in [1.82, 2.24) is 0 Å². The molecule has 0 saturated carbocycles. The van der Waals surface area contributed by atoms with E-state index in [0.29, 0.717) is 5.02 Å². The molecule has 0 aliphatic carbocycles. The van der Waals surface area contributed by atoms with Crippen molar-refractivity contribution in [3.05, 3.63) is 27.7 Å². The highest BCUT2D eigenvalue weighted by Gasteiger charge is 2.23. The lowest BCUT2D eigenvalue weighted by Crippen LogP contribution is -2.41. The van der Waals surface area contributed by atoms with Gasteiger partial charge in [-0.2, -0.15) is 0 Å². The molecule has 1 aromatic rings. The Kier molecular flexibility index (Phi) is 5.96. The van der Waals surface area contributed by atoms with Crippen LogP contribution >= 0.6 is 27.5 Å². The number of nitrogens with one attached hydrogen (secondary N) is 1. The van der Waals surface area contributed by atoms with Gasteiger partial charge in [0, 0.05) is 10.2 Å². The Morgan fingerprint density at radius 3 is 2.50 bits per heavy atom. The fraction of sp³-hybridized carbons (Fsp3) is 0.462. The number of carbonyl (C=O) groups excluding carboxylic acids is 1. The zero-order valence-electron chi connectivity index (χ0n) is 10.5. The Labute approximate surface area is 121 Å². The molecule has 3 nitrogen and oxygen atoms in total. The molecule has 0 aliphatic heterocycles. The summed E-state index contributed by atoms with van der Waals surface area (Å²) in [6.45, 7) is 4.12. The van der Waals surface area contributed by atoms with Crippen molar-refractivity contribution in [2.45, 2.75) is 32.7 Å². The first-order valence-electron chi connectivity index (χ1n) is 6.00. The minimum Gasteiger partial charge on any atom is -0.373 e. The minimum atomic E-state index is -0.354. The van der Waals surface area contributed by atoms with Crippen LogP contribution in [0.15, 0.2) is 22.7 Å². The molecule has 0 heterocycles. The van der Waals surface area contributed by atoms with Gasteiger partial charge < -0.3 is 11.1 Å². The van der Waals surface area contributed by atoms with Crippen LogP contribution in [0.4, 0.5) is 5.69 Å². The van der Waals surface area contributed by atoms with Crippen molar-refractivity contribution in [2.24, 2.45) is 11.7 Å². The van der Waals surface area contributed by atoms with Crippen molar-refractivity contribution < 1.29 is 4.79 Å². The van der Waals surface area contributed by atoms with Crippen molar-refractivity contribution >= 4 is 39.1 Å². The summed E-state index contributed by atoms with van der Waals surface area (Å²) in [7, 11) is 0. The summed E-state index contributed by atoms with van der Waals surface area (Å²) in [5.74, 6) is -0.0910. The van der Waals surface area contributed by atoms with Gasteiger partial charge in [-0.3, -0.25) is 4.79 Å². The number of amides is 1. The van der Waals surface area contributed by atoms with Gasteiger partial charge in [-0.25, -0.2) is 0 Å². The van der Waals surface area contributed by atoms with Crippen LogP contribution in [0.2, 0.25) is 5.02 Å². The quantitative estimate of drug-likeness (QED) is 0.832. The van der Waals surface area contributed by atoms with E-state index in [1.165, 1.54) is 0 Å². The maximum atomic E-state index is 11.5. The van der Waals surface area contributed by atoms with Gasteiger partial charge in [0.1, 0.15) is 6.04 Å². The fourth-order valence-electron chi connectivity index (χ4n) is 1.95. The summed E-state index contributed by atoms with van der Waals surface area (Å²) in [4.78, 5) is 11.5. The van der Waals surface area contributed by atoms with Crippen molar-refractivity contribution in [3.63, 3.8) is 0 Å². The van der Waals surface area contributed by atoms with E-state index in [2.05, 4.69) is 35.1 Å². The highest BCUT2D eigenvalue weighted by molar-refractivity contribution is 9.10. The fourth-order valence-corrected chi connectivity index (χ4v) is 2.44. The van der Waals surface area contributed by atoms with E-state index in [4.69, 9.17) is 17.3 Å². The molecule has 1 atom stereocenters. The van der Waals surface area contributed by atoms with E-state index in [1.54, 1.807) is 6.07 Å². The normalized spacial score (nSPS) is 12.5. The molecule has 0 fully saturated rings. The van der Waals surface area contributed by atoms with Gasteiger partial charge in [-0.05, 0) is 40.0 Å². The standard InChI is InChI=1S/C13H18BrClN2O/c1-3-8(4-2)12(13(16)18)17-9-5-6-11(15)10(14)7-9/h5-8,12,17H,3-4H2,1-2H3,(H2,16,18). The third kappa shape index (κ3) is 3.89. The van der Waals surface area contributed by atoms with Crippen LogP contribution in [-0.2, 0) is 4.79 Å². The molecule has 0 saturated heterocycles. The van der Waals surface area contributed by atoms with Gasteiger partial charge in [-0.15, -0.1) is 0 Å². The maximum Gasteiger partial charge on any atom is 0.240 e. The van der Waals surface area contributed by atoms with E-state index in [0.717, 1.165) is 23.0 Å². The summed E-state index contributed by atoms with van der Waals surface area (Å²) in [6.07, 6.45) is 1.82. The molecule has 0 aromatic heterocycles. The van der Waals surface area contributed by atoms with Gasteiger partial charge in [0.05, 0.1) is 5.02 Å². The van der Waals surface area contributed by atoms with Crippen LogP contribution < -0.4 is 11.1 Å². The topological polar surface area (TPSA) is 55.1 Å². The smallest absolute Gasteiger partial charge is 0.240 e. The number of carbonyl (C=O) groups is 1. The van der Waals surface area contributed by atoms with Gasteiger partial charge in [0.15, 0.2) is 0 Å². The second-order valence-electron chi connectivity index (χ2n) is 4.23. The van der Waals surface area contributed by atoms with E-state index in [9.17, 15) is 4.79 Å². The number of halogens is 2. The number of nitrogens with two attached hydrogens (primary N) is 1. The van der Waals surface area contributed by atoms with Gasteiger partial charge >= 0.3 is 0 Å². The molecule has 1 amide bonds. The summed E-state index contributed by atoms with van der Waals surface area (Å²) in [6, 6.07) is 5.11. The van der Waals surface area contributed by atoms with E-state index in [-0.39, 0.29) is 17.9 Å². The molecule has 100 valence electrons. The first-order valence-corrected chi connectivity index (χ1v) is 7.17. The Balaban J connectivity index is 2.89. The number of hydrogen-bond donors (Lipinski definition) is 2. The minimum absolute atomic E-state index is 0.233. The molecular formula is C13H18BrClN2O. The number of anilines is 1. The van der Waals surface area contributed by atoms with E-state index < -0.39 is 0 Å². The summed E-state index contributed by atoms with van der Waals surface area (Å²) >= 11 is 9.29. The number of primary amides is 1. The predicted molar refractivity (Wildman–Crippen MR) is 79.8 cm³/mol. The zero-order valence-corrected chi connectivity index (χ0v) is 12.9. The molecule has 1 unspecified atom stereocenters. The maximum absolute atomic E-state index is 11.5. The molecule has 0 spiro atoms. The largest absolute Gasteiger partial charge is 0.373 e. The molecule has 18 heavy (non-hydrogen) atoms. The number of benzene rings is 1. The second-order valence-corrected chi connectivity index (χ2v) is 5.49. The lowest BCUT2D eigenvalue weighted by molar-refractivity contribution is -0.119. The molecule has 1 aromatic carbocycles. The summed E-state index contributed by atoms with van der Waals surface area (Å²) in [5.41, 5.74) is 6.30. The molecule has 5 heteroatoms. The van der Waals surface area contributed by atoms with Gasteiger partial charge in [0.25, 0.3) is 0 Å². The van der Waals surface area contributed by atoms with Crippen LogP contribution in [-0.4, -0.2) is 11.9 Å². The molecule has 1 rings (SSSR count).